The van der Waals surface area contributed by atoms with Crippen LogP contribution < -0.4 is 0 Å². The molecule has 26 heavy (non-hydrogen) atoms. The van der Waals surface area contributed by atoms with Crippen LogP contribution in [-0.2, 0) is 24.3 Å². The third kappa shape index (κ3) is 12.2. The lowest BCUT2D eigenvalue weighted by Crippen LogP contribution is -2.28. The predicted molar refractivity (Wildman–Crippen MR) is 103 cm³/mol. The van der Waals surface area contributed by atoms with Crippen LogP contribution in [0.2, 0.25) is 0 Å². The Morgan fingerprint density at radius 1 is 1.04 bits per heavy atom. The molecule has 1 aliphatic heterocycles. The summed E-state index contributed by atoms with van der Waals surface area (Å²) in [4.78, 5) is 0. The lowest BCUT2D eigenvalue weighted by atomic mass is 10.0. The minimum absolute atomic E-state index is 0.107. The molecule has 0 aromatic rings. The van der Waals surface area contributed by atoms with Crippen molar-refractivity contribution in [2.45, 2.75) is 96.4 Å². The van der Waals surface area contributed by atoms with Crippen molar-refractivity contribution < 1.29 is 27.2 Å². The van der Waals surface area contributed by atoms with Crippen LogP contribution in [-0.4, -0.2) is 50.4 Å². The minimum atomic E-state index is -3.90. The highest BCUT2D eigenvalue weighted by atomic mass is 32.2. The lowest BCUT2D eigenvalue weighted by molar-refractivity contribution is -0.164. The maximum atomic E-state index is 10.6. The van der Waals surface area contributed by atoms with Crippen LogP contribution >= 0.6 is 0 Å². The zero-order valence-electron chi connectivity index (χ0n) is 16.6. The van der Waals surface area contributed by atoms with E-state index in [1.807, 2.05) is 6.92 Å². The molecule has 0 bridgehead atoms. The largest absolute Gasteiger partial charge is 0.379 e. The topological polar surface area (TPSA) is 82.1 Å². The summed E-state index contributed by atoms with van der Waals surface area (Å²) < 4.78 is 47.1. The zero-order valence-corrected chi connectivity index (χ0v) is 17.4. The van der Waals surface area contributed by atoms with E-state index in [1.165, 1.54) is 51.4 Å². The molecular formula is C19H38O6S. The highest BCUT2D eigenvalue weighted by molar-refractivity contribution is 7.85. The number of unbranched alkanes of at least 4 members (excludes halogenated alkanes) is 8. The molecule has 2 atom stereocenters. The Morgan fingerprint density at radius 3 is 2.27 bits per heavy atom. The Labute approximate surface area is 159 Å². The van der Waals surface area contributed by atoms with E-state index >= 15 is 0 Å². The average molecular weight is 395 g/mol. The van der Waals surface area contributed by atoms with E-state index in [9.17, 15) is 8.42 Å². The molecule has 1 N–H and O–H groups in total. The van der Waals surface area contributed by atoms with Gasteiger partial charge in [-0.3, -0.25) is 4.55 Å². The summed E-state index contributed by atoms with van der Waals surface area (Å²) in [6.07, 6.45) is 12.7. The Kier molecular flexibility index (Phi) is 12.0. The van der Waals surface area contributed by atoms with Gasteiger partial charge in [0, 0.05) is 13.0 Å². The molecule has 1 rings (SSSR count). The summed E-state index contributed by atoms with van der Waals surface area (Å²) in [6.45, 7) is 5.41. The Morgan fingerprint density at radius 2 is 1.65 bits per heavy atom. The van der Waals surface area contributed by atoms with Gasteiger partial charge in [0.1, 0.15) is 6.10 Å². The van der Waals surface area contributed by atoms with Crippen LogP contribution in [0.5, 0.6) is 0 Å². The van der Waals surface area contributed by atoms with Gasteiger partial charge in [0.15, 0.2) is 5.79 Å². The fourth-order valence-electron chi connectivity index (χ4n) is 3.22. The first-order valence-corrected chi connectivity index (χ1v) is 11.8. The van der Waals surface area contributed by atoms with Gasteiger partial charge in [-0.25, -0.2) is 0 Å². The van der Waals surface area contributed by atoms with Crippen LogP contribution in [0.15, 0.2) is 0 Å². The van der Waals surface area contributed by atoms with Crippen molar-refractivity contribution in [3.05, 3.63) is 0 Å². The number of hydrogen-bond donors (Lipinski definition) is 1. The maximum Gasteiger partial charge on any atom is 0.264 e. The first kappa shape index (κ1) is 23.8. The fraction of sp³-hybridized carbons (Fsp3) is 1.00. The second kappa shape index (κ2) is 13.0. The smallest absolute Gasteiger partial charge is 0.264 e. The molecule has 1 fully saturated rings. The summed E-state index contributed by atoms with van der Waals surface area (Å²) in [5, 5.41) is 0. The highest BCUT2D eigenvalue weighted by Crippen LogP contribution is 2.29. The van der Waals surface area contributed by atoms with E-state index in [4.69, 9.17) is 18.8 Å². The third-order valence-corrected chi connectivity index (χ3v) is 5.52. The van der Waals surface area contributed by atoms with Gasteiger partial charge >= 0.3 is 0 Å². The van der Waals surface area contributed by atoms with Crippen molar-refractivity contribution in [3.63, 3.8) is 0 Å². The van der Waals surface area contributed by atoms with Crippen LogP contribution in [0.1, 0.15) is 84.5 Å². The number of rotatable bonds is 16. The van der Waals surface area contributed by atoms with E-state index < -0.39 is 15.9 Å². The van der Waals surface area contributed by atoms with Gasteiger partial charge < -0.3 is 14.2 Å². The molecule has 0 radical (unpaired) electrons. The van der Waals surface area contributed by atoms with Gasteiger partial charge in [0.2, 0.25) is 0 Å². The van der Waals surface area contributed by atoms with Crippen molar-refractivity contribution >= 4 is 10.1 Å². The Balaban J connectivity index is 2.00. The van der Waals surface area contributed by atoms with E-state index in [1.54, 1.807) is 0 Å². The quantitative estimate of drug-likeness (QED) is 0.310. The van der Waals surface area contributed by atoms with Crippen LogP contribution in [0.25, 0.3) is 0 Å². The maximum absolute atomic E-state index is 10.6. The van der Waals surface area contributed by atoms with E-state index in [2.05, 4.69) is 6.92 Å². The van der Waals surface area contributed by atoms with Crippen LogP contribution in [0.4, 0.5) is 0 Å². The van der Waals surface area contributed by atoms with E-state index in [-0.39, 0.29) is 24.9 Å². The van der Waals surface area contributed by atoms with Crippen LogP contribution in [0.3, 0.4) is 0 Å². The molecule has 0 aromatic heterocycles. The molecule has 1 aliphatic rings. The molecule has 7 heteroatoms. The summed E-state index contributed by atoms with van der Waals surface area (Å²) in [6, 6.07) is 0. The normalized spacial score (nSPS) is 23.6. The fourth-order valence-corrected chi connectivity index (χ4v) is 3.70. The summed E-state index contributed by atoms with van der Waals surface area (Å²) in [5.41, 5.74) is 0. The molecule has 0 spiro atoms. The van der Waals surface area contributed by atoms with Gasteiger partial charge in [-0.1, -0.05) is 58.3 Å². The molecule has 1 heterocycles. The van der Waals surface area contributed by atoms with Crippen molar-refractivity contribution in [1.82, 2.24) is 0 Å². The molecule has 1 saturated heterocycles. The highest BCUT2D eigenvalue weighted by Gasteiger charge is 2.36. The molecule has 156 valence electrons. The number of hydrogen-bond acceptors (Lipinski definition) is 5. The summed E-state index contributed by atoms with van der Waals surface area (Å²) in [5.74, 6) is -0.797. The molecular weight excluding hydrogens is 356 g/mol. The molecule has 6 nitrogen and oxygen atoms in total. The summed E-state index contributed by atoms with van der Waals surface area (Å²) >= 11 is 0. The van der Waals surface area contributed by atoms with Gasteiger partial charge in [-0.15, -0.1) is 0 Å². The van der Waals surface area contributed by atoms with Gasteiger partial charge in [-0.05, 0) is 19.8 Å². The monoisotopic (exact) mass is 394 g/mol. The SMILES string of the molecule is CCCCCCCCCCC[C@]1(C)OCC(COCCCS(=O)(=O)O)O1. The average Bonchev–Trinajstić information content (AvgIpc) is 2.93. The minimum Gasteiger partial charge on any atom is -0.379 e. The predicted octanol–water partition coefficient (Wildman–Crippen LogP) is 4.33. The van der Waals surface area contributed by atoms with Crippen molar-refractivity contribution in [2.75, 3.05) is 25.6 Å². The summed E-state index contributed by atoms with van der Waals surface area (Å²) in [7, 11) is -3.90. The standard InChI is InChI=1S/C19H38O6S/c1-3-4-5-6-7-8-9-10-11-13-19(2)24-17-18(25-19)16-23-14-12-15-26(20,21)22/h18H,3-17H2,1-2H3,(H,20,21,22)/t18?,19-/m1/s1. The van der Waals surface area contributed by atoms with Gasteiger partial charge in [-0.2, -0.15) is 8.42 Å². The third-order valence-electron chi connectivity index (χ3n) is 4.72. The van der Waals surface area contributed by atoms with E-state index in [0.717, 1.165) is 12.8 Å². The second-order valence-electron chi connectivity index (χ2n) is 7.48. The molecule has 1 unspecified atom stereocenters. The number of ether oxygens (including phenoxy) is 3. The van der Waals surface area contributed by atoms with Gasteiger partial charge in [0.25, 0.3) is 10.1 Å². The van der Waals surface area contributed by atoms with Crippen molar-refractivity contribution in [3.8, 4) is 0 Å². The first-order chi connectivity index (χ1) is 12.3. The van der Waals surface area contributed by atoms with Crippen LogP contribution in [0, 0.1) is 0 Å². The van der Waals surface area contributed by atoms with E-state index in [0.29, 0.717) is 13.2 Å². The lowest BCUT2D eigenvalue weighted by Gasteiger charge is -2.23. The Hall–Kier alpha value is -0.210. The second-order valence-corrected chi connectivity index (χ2v) is 9.05. The van der Waals surface area contributed by atoms with Gasteiger partial charge in [0.05, 0.1) is 19.0 Å². The Bertz CT molecular complexity index is 453. The first-order valence-electron chi connectivity index (χ1n) is 10.2. The van der Waals surface area contributed by atoms with Crippen molar-refractivity contribution in [2.24, 2.45) is 0 Å². The molecule has 0 amide bonds. The molecule has 0 aromatic carbocycles. The molecule has 0 saturated carbocycles. The molecule has 0 aliphatic carbocycles. The van der Waals surface area contributed by atoms with Crippen molar-refractivity contribution in [1.29, 1.82) is 0 Å². The zero-order chi connectivity index (χ0) is 19.3.